The van der Waals surface area contributed by atoms with Crippen molar-refractivity contribution in [1.29, 1.82) is 0 Å². The van der Waals surface area contributed by atoms with Gasteiger partial charge in [0, 0.05) is 6.20 Å². The largest absolute Gasteiger partial charge is 0.495 e. The van der Waals surface area contributed by atoms with E-state index in [4.69, 9.17) is 4.74 Å². The van der Waals surface area contributed by atoms with E-state index in [9.17, 15) is 0 Å². The SMILES string of the molecule is CCNCC1CCC1c1cncc(OC)c1. The average molecular weight is 220 g/mol. The van der Waals surface area contributed by atoms with Crippen molar-refractivity contribution in [3.05, 3.63) is 24.0 Å². The molecule has 0 aromatic carbocycles. The van der Waals surface area contributed by atoms with Gasteiger partial charge in [0.05, 0.1) is 13.3 Å². The second-order valence-electron chi connectivity index (χ2n) is 4.41. The third-order valence-electron chi connectivity index (χ3n) is 3.47. The molecule has 3 heteroatoms. The molecule has 2 rings (SSSR count). The second kappa shape index (κ2) is 5.30. The first-order valence-electron chi connectivity index (χ1n) is 6.04. The number of hydrogen-bond acceptors (Lipinski definition) is 3. The van der Waals surface area contributed by atoms with Crippen LogP contribution >= 0.6 is 0 Å². The average Bonchev–Trinajstić information content (AvgIpc) is 2.28. The van der Waals surface area contributed by atoms with Gasteiger partial charge in [0.15, 0.2) is 0 Å². The summed E-state index contributed by atoms with van der Waals surface area (Å²) in [6.07, 6.45) is 6.35. The Morgan fingerprint density at radius 1 is 1.44 bits per heavy atom. The van der Waals surface area contributed by atoms with Crippen molar-refractivity contribution in [2.75, 3.05) is 20.2 Å². The van der Waals surface area contributed by atoms with E-state index in [0.29, 0.717) is 5.92 Å². The summed E-state index contributed by atoms with van der Waals surface area (Å²) in [5, 5.41) is 3.43. The van der Waals surface area contributed by atoms with Crippen molar-refractivity contribution in [3.63, 3.8) is 0 Å². The van der Waals surface area contributed by atoms with Crippen LogP contribution in [0.25, 0.3) is 0 Å². The fourth-order valence-electron chi connectivity index (χ4n) is 2.33. The second-order valence-corrected chi connectivity index (χ2v) is 4.41. The Labute approximate surface area is 97.2 Å². The van der Waals surface area contributed by atoms with Gasteiger partial charge in [-0.2, -0.15) is 0 Å². The molecule has 0 saturated heterocycles. The highest BCUT2D eigenvalue weighted by Gasteiger charge is 2.31. The minimum atomic E-state index is 0.668. The first kappa shape index (κ1) is 11.4. The molecule has 1 aliphatic carbocycles. The predicted octanol–water partition coefficient (Wildman–Crippen LogP) is 2.19. The zero-order valence-electron chi connectivity index (χ0n) is 10.1. The van der Waals surface area contributed by atoms with Crippen LogP contribution in [0.4, 0.5) is 0 Å². The summed E-state index contributed by atoms with van der Waals surface area (Å²) in [5.41, 5.74) is 1.33. The summed E-state index contributed by atoms with van der Waals surface area (Å²) in [7, 11) is 1.69. The molecule has 0 aliphatic heterocycles. The third-order valence-corrected chi connectivity index (χ3v) is 3.47. The van der Waals surface area contributed by atoms with Gasteiger partial charge in [-0.1, -0.05) is 6.92 Å². The van der Waals surface area contributed by atoms with E-state index >= 15 is 0 Å². The third kappa shape index (κ3) is 2.35. The van der Waals surface area contributed by atoms with Gasteiger partial charge in [0.2, 0.25) is 0 Å². The minimum absolute atomic E-state index is 0.668. The van der Waals surface area contributed by atoms with Crippen molar-refractivity contribution in [2.45, 2.75) is 25.7 Å². The molecule has 0 spiro atoms. The normalized spacial score (nSPS) is 23.9. The number of aromatic nitrogens is 1. The van der Waals surface area contributed by atoms with Crippen LogP contribution in [0, 0.1) is 5.92 Å². The molecule has 0 radical (unpaired) electrons. The van der Waals surface area contributed by atoms with Crippen LogP contribution in [0.2, 0.25) is 0 Å². The lowest BCUT2D eigenvalue weighted by atomic mass is 9.70. The van der Waals surface area contributed by atoms with Crippen LogP contribution in [0.3, 0.4) is 0 Å². The lowest BCUT2D eigenvalue weighted by molar-refractivity contribution is 0.246. The minimum Gasteiger partial charge on any atom is -0.495 e. The number of nitrogens with one attached hydrogen (secondary N) is 1. The number of nitrogens with zero attached hydrogens (tertiary/aromatic N) is 1. The molecule has 0 amide bonds. The van der Waals surface area contributed by atoms with Crippen LogP contribution in [-0.4, -0.2) is 25.2 Å². The van der Waals surface area contributed by atoms with E-state index in [1.807, 2.05) is 6.20 Å². The lowest BCUT2D eigenvalue weighted by Crippen LogP contribution is -2.33. The van der Waals surface area contributed by atoms with Crippen LogP contribution in [0.15, 0.2) is 18.5 Å². The van der Waals surface area contributed by atoms with Crippen molar-refractivity contribution in [3.8, 4) is 5.75 Å². The molecule has 2 unspecified atom stereocenters. The fourth-order valence-corrected chi connectivity index (χ4v) is 2.33. The van der Waals surface area contributed by atoms with Crippen molar-refractivity contribution >= 4 is 0 Å². The zero-order chi connectivity index (χ0) is 11.4. The molecule has 0 bridgehead atoms. The summed E-state index contributed by atoms with van der Waals surface area (Å²) in [6, 6.07) is 2.12. The molecule has 1 aromatic heterocycles. The summed E-state index contributed by atoms with van der Waals surface area (Å²) in [6.45, 7) is 4.33. The standard InChI is InChI=1S/C13H20N2O/c1-3-14-7-10-4-5-13(10)11-6-12(16-2)9-15-8-11/h6,8-10,13-14H,3-5,7H2,1-2H3. The maximum absolute atomic E-state index is 5.21. The Bertz CT molecular complexity index is 340. The van der Waals surface area contributed by atoms with Gasteiger partial charge < -0.3 is 10.1 Å². The van der Waals surface area contributed by atoms with E-state index in [2.05, 4.69) is 23.3 Å². The topological polar surface area (TPSA) is 34.2 Å². The number of hydrogen-bond donors (Lipinski definition) is 1. The fraction of sp³-hybridized carbons (Fsp3) is 0.615. The highest BCUT2D eigenvalue weighted by Crippen LogP contribution is 2.42. The molecular weight excluding hydrogens is 200 g/mol. The predicted molar refractivity (Wildman–Crippen MR) is 64.8 cm³/mol. The van der Waals surface area contributed by atoms with Gasteiger partial charge in [-0.3, -0.25) is 4.98 Å². The molecular formula is C13H20N2O. The van der Waals surface area contributed by atoms with Crippen molar-refractivity contribution in [2.24, 2.45) is 5.92 Å². The van der Waals surface area contributed by atoms with Gasteiger partial charge in [0.25, 0.3) is 0 Å². The van der Waals surface area contributed by atoms with Crippen LogP contribution in [-0.2, 0) is 0 Å². The van der Waals surface area contributed by atoms with Gasteiger partial charge in [0.1, 0.15) is 5.75 Å². The maximum Gasteiger partial charge on any atom is 0.137 e. The van der Waals surface area contributed by atoms with Gasteiger partial charge >= 0.3 is 0 Å². The summed E-state index contributed by atoms with van der Waals surface area (Å²) in [5.74, 6) is 2.31. The molecule has 1 heterocycles. The molecule has 1 N–H and O–H groups in total. The number of methoxy groups -OCH3 is 1. The molecule has 1 aromatic rings. The first-order chi connectivity index (χ1) is 7.85. The monoisotopic (exact) mass is 220 g/mol. The van der Waals surface area contributed by atoms with Gasteiger partial charge in [-0.25, -0.2) is 0 Å². The van der Waals surface area contributed by atoms with Gasteiger partial charge in [-0.15, -0.1) is 0 Å². The molecule has 16 heavy (non-hydrogen) atoms. The molecule has 3 nitrogen and oxygen atoms in total. The Hall–Kier alpha value is -1.09. The first-order valence-corrected chi connectivity index (χ1v) is 6.04. The molecule has 1 fully saturated rings. The van der Waals surface area contributed by atoms with Crippen molar-refractivity contribution in [1.82, 2.24) is 10.3 Å². The Balaban J connectivity index is 2.00. The van der Waals surface area contributed by atoms with Crippen LogP contribution in [0.5, 0.6) is 5.75 Å². The Kier molecular flexibility index (Phi) is 3.78. The molecule has 1 aliphatic rings. The summed E-state index contributed by atoms with van der Waals surface area (Å²) in [4.78, 5) is 4.23. The quantitative estimate of drug-likeness (QED) is 0.826. The molecule has 2 atom stereocenters. The molecule has 1 saturated carbocycles. The van der Waals surface area contributed by atoms with Gasteiger partial charge in [-0.05, 0) is 49.4 Å². The summed E-state index contributed by atoms with van der Waals surface area (Å²) >= 11 is 0. The summed E-state index contributed by atoms with van der Waals surface area (Å²) < 4.78 is 5.21. The number of ether oxygens (including phenoxy) is 1. The highest BCUT2D eigenvalue weighted by atomic mass is 16.5. The van der Waals surface area contributed by atoms with E-state index in [-0.39, 0.29) is 0 Å². The smallest absolute Gasteiger partial charge is 0.137 e. The maximum atomic E-state index is 5.21. The Morgan fingerprint density at radius 2 is 2.31 bits per heavy atom. The van der Waals surface area contributed by atoms with Crippen LogP contribution < -0.4 is 10.1 Å². The highest BCUT2D eigenvalue weighted by molar-refractivity contribution is 5.28. The van der Waals surface area contributed by atoms with E-state index in [0.717, 1.165) is 24.8 Å². The van der Waals surface area contributed by atoms with E-state index < -0.39 is 0 Å². The number of rotatable bonds is 5. The van der Waals surface area contributed by atoms with E-state index in [1.54, 1.807) is 13.3 Å². The van der Waals surface area contributed by atoms with Crippen molar-refractivity contribution < 1.29 is 4.74 Å². The van der Waals surface area contributed by atoms with Crippen LogP contribution in [0.1, 0.15) is 31.2 Å². The van der Waals surface area contributed by atoms with E-state index in [1.165, 1.54) is 18.4 Å². The zero-order valence-corrected chi connectivity index (χ0v) is 10.1. The Morgan fingerprint density at radius 3 is 2.94 bits per heavy atom. The molecule has 88 valence electrons. The lowest BCUT2D eigenvalue weighted by Gasteiger charge is -2.37. The number of pyridine rings is 1.